The van der Waals surface area contributed by atoms with Crippen molar-refractivity contribution in [3.63, 3.8) is 0 Å². The molecule has 10 nitrogen and oxygen atoms in total. The third kappa shape index (κ3) is 37.0. The van der Waals surface area contributed by atoms with E-state index in [1.165, 1.54) is 103 Å². The quantitative estimate of drug-likeness (QED) is 0.0238. The number of aliphatic hydroxyl groups is 2. The number of esters is 2. The average Bonchev–Trinajstić information content (AvgIpc) is 3.13. The second-order valence-electron chi connectivity index (χ2n) is 14.4. The highest BCUT2D eigenvalue weighted by atomic mass is 31.2. The molecule has 3 atom stereocenters. The van der Waals surface area contributed by atoms with Gasteiger partial charge in [-0.2, -0.15) is 0 Å². The predicted octanol–water partition coefficient (Wildman–Crippen LogP) is 10.8. The molecule has 308 valence electrons. The molecule has 11 heteroatoms. The van der Waals surface area contributed by atoms with Crippen molar-refractivity contribution in [2.24, 2.45) is 0 Å². The summed E-state index contributed by atoms with van der Waals surface area (Å²) >= 11 is 0. The van der Waals surface area contributed by atoms with Crippen LogP contribution in [0.4, 0.5) is 0 Å². The molecule has 0 saturated heterocycles. The van der Waals surface area contributed by atoms with E-state index >= 15 is 0 Å². The molecule has 0 radical (unpaired) electrons. The van der Waals surface area contributed by atoms with Crippen LogP contribution in [0.25, 0.3) is 0 Å². The standard InChI is InChI=1S/C41H79O10P/c1-3-5-7-9-11-13-15-17-18-19-20-21-23-24-26-28-30-32-40(44)48-36-39(37-50-52(46,47)49-35-38(43)34-42)51-41(45)33-31-29-27-25-22-16-14-12-10-8-6-4-2/h12,14,38-39,42-43H,3-11,13,15-37H2,1-2H3,(H,46,47)/b14-12-/t38-,39+/m0/s1. The Labute approximate surface area is 317 Å². The minimum atomic E-state index is -4.61. The molecule has 0 spiro atoms. The van der Waals surface area contributed by atoms with Crippen molar-refractivity contribution in [1.82, 2.24) is 0 Å². The van der Waals surface area contributed by atoms with Gasteiger partial charge >= 0.3 is 19.8 Å². The predicted molar refractivity (Wildman–Crippen MR) is 210 cm³/mol. The smallest absolute Gasteiger partial charge is 0.462 e. The number of unbranched alkanes of at least 4 members (excludes halogenated alkanes) is 24. The number of ether oxygens (including phenoxy) is 2. The van der Waals surface area contributed by atoms with Crippen LogP contribution in [-0.4, -0.2) is 65.7 Å². The van der Waals surface area contributed by atoms with Gasteiger partial charge in [-0.3, -0.25) is 18.6 Å². The molecular weight excluding hydrogens is 683 g/mol. The highest BCUT2D eigenvalue weighted by Crippen LogP contribution is 2.43. The van der Waals surface area contributed by atoms with Gasteiger partial charge in [-0.15, -0.1) is 0 Å². The molecule has 0 rings (SSSR count). The lowest BCUT2D eigenvalue weighted by atomic mass is 10.0. The maximum Gasteiger partial charge on any atom is 0.472 e. The summed E-state index contributed by atoms with van der Waals surface area (Å²) in [5.41, 5.74) is 0. The zero-order chi connectivity index (χ0) is 38.4. The molecule has 52 heavy (non-hydrogen) atoms. The Kier molecular flexibility index (Phi) is 37.1. The molecule has 0 fully saturated rings. The van der Waals surface area contributed by atoms with Gasteiger partial charge in [0.15, 0.2) is 6.10 Å². The Hall–Kier alpha value is -1.29. The fraction of sp³-hybridized carbons (Fsp3) is 0.902. The van der Waals surface area contributed by atoms with Crippen molar-refractivity contribution >= 4 is 19.8 Å². The lowest BCUT2D eigenvalue weighted by Crippen LogP contribution is -2.29. The monoisotopic (exact) mass is 763 g/mol. The third-order valence-corrected chi connectivity index (χ3v) is 10.1. The zero-order valence-electron chi connectivity index (χ0n) is 33.3. The molecule has 0 bridgehead atoms. The first-order valence-corrected chi connectivity index (χ1v) is 22.6. The summed E-state index contributed by atoms with van der Waals surface area (Å²) in [6.07, 6.45) is 34.6. The number of aliphatic hydroxyl groups excluding tert-OH is 2. The van der Waals surface area contributed by atoms with E-state index in [2.05, 4.69) is 30.5 Å². The van der Waals surface area contributed by atoms with E-state index in [1.807, 2.05) is 0 Å². The van der Waals surface area contributed by atoms with Crippen LogP contribution in [0, 0.1) is 0 Å². The summed E-state index contributed by atoms with van der Waals surface area (Å²) in [6.45, 7) is 2.36. The van der Waals surface area contributed by atoms with E-state index in [0.29, 0.717) is 12.8 Å². The van der Waals surface area contributed by atoms with Gasteiger partial charge in [0.05, 0.1) is 19.8 Å². The summed E-state index contributed by atoms with van der Waals surface area (Å²) in [6, 6.07) is 0. The SMILES string of the molecule is CCCCC/C=C\CCCCCCCC(=O)O[C@H](COC(=O)CCCCCCCCCCCCCCCCCCC)COP(=O)(O)OC[C@@H](O)CO. The molecule has 0 aliphatic heterocycles. The second kappa shape index (κ2) is 38.0. The molecule has 0 aromatic carbocycles. The van der Waals surface area contributed by atoms with Crippen molar-refractivity contribution in [2.45, 2.75) is 212 Å². The van der Waals surface area contributed by atoms with Crippen molar-refractivity contribution in [2.75, 3.05) is 26.4 Å². The van der Waals surface area contributed by atoms with E-state index in [4.69, 9.17) is 19.1 Å². The Morgan fingerprint density at radius 3 is 1.42 bits per heavy atom. The minimum Gasteiger partial charge on any atom is -0.462 e. The van der Waals surface area contributed by atoms with Gasteiger partial charge in [-0.1, -0.05) is 161 Å². The summed E-state index contributed by atoms with van der Waals surface area (Å²) in [4.78, 5) is 34.9. The van der Waals surface area contributed by atoms with Gasteiger partial charge in [-0.25, -0.2) is 4.57 Å². The Morgan fingerprint density at radius 1 is 0.558 bits per heavy atom. The third-order valence-electron chi connectivity index (χ3n) is 9.17. The van der Waals surface area contributed by atoms with Gasteiger partial charge in [0.2, 0.25) is 0 Å². The summed E-state index contributed by atoms with van der Waals surface area (Å²) < 4.78 is 32.6. The topological polar surface area (TPSA) is 149 Å². The Morgan fingerprint density at radius 2 is 0.942 bits per heavy atom. The summed E-state index contributed by atoms with van der Waals surface area (Å²) in [5, 5.41) is 18.3. The number of hydrogen-bond donors (Lipinski definition) is 3. The molecule has 3 N–H and O–H groups in total. The molecule has 0 aromatic heterocycles. The maximum atomic E-state index is 12.6. The molecule has 0 aliphatic rings. The van der Waals surface area contributed by atoms with Crippen molar-refractivity contribution in [3.05, 3.63) is 12.2 Å². The fourth-order valence-corrected chi connectivity index (χ4v) is 6.66. The van der Waals surface area contributed by atoms with Gasteiger partial charge in [-0.05, 0) is 38.5 Å². The molecule has 0 amide bonds. The first-order valence-electron chi connectivity index (χ1n) is 21.1. The lowest BCUT2D eigenvalue weighted by Gasteiger charge is -2.20. The van der Waals surface area contributed by atoms with E-state index < -0.39 is 51.8 Å². The average molecular weight is 763 g/mol. The van der Waals surface area contributed by atoms with Crippen LogP contribution < -0.4 is 0 Å². The molecule has 1 unspecified atom stereocenters. The van der Waals surface area contributed by atoms with Gasteiger partial charge in [0.25, 0.3) is 0 Å². The maximum absolute atomic E-state index is 12.6. The van der Waals surface area contributed by atoms with Crippen molar-refractivity contribution in [1.29, 1.82) is 0 Å². The number of allylic oxidation sites excluding steroid dienone is 2. The van der Waals surface area contributed by atoms with Crippen LogP contribution >= 0.6 is 7.82 Å². The Balaban J connectivity index is 4.25. The number of phosphoric ester groups is 1. The van der Waals surface area contributed by atoms with E-state index in [9.17, 15) is 24.2 Å². The highest BCUT2D eigenvalue weighted by Gasteiger charge is 2.27. The largest absolute Gasteiger partial charge is 0.472 e. The summed E-state index contributed by atoms with van der Waals surface area (Å²) in [7, 11) is -4.61. The fourth-order valence-electron chi connectivity index (χ4n) is 5.87. The van der Waals surface area contributed by atoms with Crippen LogP contribution in [0.2, 0.25) is 0 Å². The number of phosphoric acid groups is 1. The molecule has 0 saturated carbocycles. The normalized spacial score (nSPS) is 14.0. The second-order valence-corrected chi connectivity index (χ2v) is 15.8. The molecular formula is C41H79O10P. The molecule has 0 aliphatic carbocycles. The first kappa shape index (κ1) is 50.7. The Bertz CT molecular complexity index is 884. The number of hydrogen-bond acceptors (Lipinski definition) is 9. The lowest BCUT2D eigenvalue weighted by molar-refractivity contribution is -0.161. The van der Waals surface area contributed by atoms with Crippen LogP contribution in [-0.2, 0) is 32.7 Å². The van der Waals surface area contributed by atoms with Crippen molar-refractivity contribution in [3.8, 4) is 0 Å². The number of carbonyl (C=O) groups excluding carboxylic acids is 2. The van der Waals surface area contributed by atoms with E-state index in [-0.39, 0.29) is 19.4 Å². The molecule has 0 aromatic rings. The first-order chi connectivity index (χ1) is 25.2. The molecule has 0 heterocycles. The highest BCUT2D eigenvalue weighted by molar-refractivity contribution is 7.47. The van der Waals surface area contributed by atoms with Crippen LogP contribution in [0.5, 0.6) is 0 Å². The minimum absolute atomic E-state index is 0.178. The van der Waals surface area contributed by atoms with E-state index in [0.717, 1.165) is 57.8 Å². The number of rotatable bonds is 40. The van der Waals surface area contributed by atoms with Gasteiger partial charge < -0.3 is 24.6 Å². The van der Waals surface area contributed by atoms with Crippen LogP contribution in [0.1, 0.15) is 200 Å². The van der Waals surface area contributed by atoms with Crippen molar-refractivity contribution < 1.29 is 47.8 Å². The summed E-state index contributed by atoms with van der Waals surface area (Å²) in [5.74, 6) is -0.926. The van der Waals surface area contributed by atoms with Crippen LogP contribution in [0.15, 0.2) is 12.2 Å². The van der Waals surface area contributed by atoms with E-state index in [1.54, 1.807) is 0 Å². The van der Waals surface area contributed by atoms with Gasteiger partial charge in [0, 0.05) is 12.8 Å². The zero-order valence-corrected chi connectivity index (χ0v) is 34.2. The van der Waals surface area contributed by atoms with Gasteiger partial charge in [0.1, 0.15) is 12.7 Å². The van der Waals surface area contributed by atoms with Crippen LogP contribution in [0.3, 0.4) is 0 Å². The number of carbonyl (C=O) groups is 2.